The Labute approximate surface area is 292 Å². The molecule has 1 heterocycles. The number of para-hydroxylation sites is 1. The van der Waals surface area contributed by atoms with Crippen LogP contribution in [-0.4, -0.2) is 35.6 Å². The average molecular weight is 715 g/mol. The Hall–Kier alpha value is -5.08. The number of phenols is 1. The van der Waals surface area contributed by atoms with E-state index in [0.29, 0.717) is 28.0 Å². The lowest BCUT2D eigenvalue weighted by atomic mass is 9.44. The molecule has 2 fully saturated rings. The number of ketones is 2. The molecule has 8 rings (SSSR count). The molecule has 8 heteroatoms. The number of hydrogen-bond donors (Lipinski definition) is 1. The van der Waals surface area contributed by atoms with Gasteiger partial charge < -0.3 is 9.84 Å². The zero-order valence-electron chi connectivity index (χ0n) is 26.6. The van der Waals surface area contributed by atoms with Crippen LogP contribution in [0.3, 0.4) is 0 Å². The van der Waals surface area contributed by atoms with E-state index in [1.165, 1.54) is 18.1 Å². The van der Waals surface area contributed by atoms with Crippen LogP contribution in [-0.2, 0) is 24.6 Å². The summed E-state index contributed by atoms with van der Waals surface area (Å²) < 4.78 is 6.36. The fourth-order valence-corrected chi connectivity index (χ4v) is 9.26. The first kappa shape index (κ1) is 31.2. The lowest BCUT2D eigenvalue weighted by Crippen LogP contribution is -2.58. The second kappa shape index (κ2) is 11.8. The van der Waals surface area contributed by atoms with Gasteiger partial charge in [-0.05, 0) is 66.3 Å². The van der Waals surface area contributed by atoms with E-state index in [9.17, 15) is 14.7 Å². The molecule has 0 aromatic heterocycles. The third kappa shape index (κ3) is 4.53. The van der Waals surface area contributed by atoms with Gasteiger partial charge in [0, 0.05) is 27.4 Å². The van der Waals surface area contributed by atoms with E-state index in [1.807, 2.05) is 66.7 Å². The van der Waals surface area contributed by atoms with E-state index < -0.39 is 35.0 Å². The lowest BCUT2D eigenvalue weighted by molar-refractivity contribution is -0.135. The number of phenolic OH excluding ortho intramolecular Hbond substituents is 1. The standard InChI is InChI=1S/C41H32BrNO6/c1-49-33-14-8-13-29(38(33)46)36-27-19-20-28-35(40(48)43(39(28)47)26-17-15-25(42)16-18-26)31(27)21-32-37(45)30(23-9-4-2-5-10-23)22-34(44)41(32,36)24-11-6-3-7-12-24/h2-19,22,28,31-32,35-36,46H,20-21H2,1H3/t28-,31+,32-,35-,36+,41-/m0/s1. The number of halogens is 1. The van der Waals surface area contributed by atoms with E-state index >= 15 is 9.59 Å². The Morgan fingerprint density at radius 3 is 2.20 bits per heavy atom. The third-order valence-electron chi connectivity index (χ3n) is 11.0. The van der Waals surface area contributed by atoms with Gasteiger partial charge in [-0.25, -0.2) is 0 Å². The summed E-state index contributed by atoms with van der Waals surface area (Å²) in [5, 5.41) is 11.8. The van der Waals surface area contributed by atoms with Crippen molar-refractivity contribution in [1.29, 1.82) is 0 Å². The van der Waals surface area contributed by atoms with E-state index in [1.54, 1.807) is 42.5 Å². The summed E-state index contributed by atoms with van der Waals surface area (Å²) in [6.45, 7) is 0. The van der Waals surface area contributed by atoms with Crippen LogP contribution in [0.25, 0.3) is 5.57 Å². The maximum absolute atomic E-state index is 15.1. The van der Waals surface area contributed by atoms with Crippen molar-refractivity contribution in [2.75, 3.05) is 12.0 Å². The smallest absolute Gasteiger partial charge is 0.238 e. The molecule has 7 nitrogen and oxygen atoms in total. The van der Waals surface area contributed by atoms with Gasteiger partial charge in [0.1, 0.15) is 0 Å². The number of benzene rings is 4. The molecule has 4 aliphatic rings. The van der Waals surface area contributed by atoms with E-state index in [4.69, 9.17) is 4.74 Å². The van der Waals surface area contributed by atoms with Crippen molar-refractivity contribution in [3.63, 3.8) is 0 Å². The fourth-order valence-electron chi connectivity index (χ4n) is 9.00. The molecule has 1 N–H and O–H groups in total. The predicted molar refractivity (Wildman–Crippen MR) is 188 cm³/mol. The Morgan fingerprint density at radius 1 is 0.816 bits per heavy atom. The Morgan fingerprint density at radius 2 is 1.51 bits per heavy atom. The SMILES string of the molecule is COc1cccc([C@H]2C3=CC[C@@H]4C(=O)N(c5ccc(Br)cc5)C(=O)[C@@H]4[C@@H]3C[C@H]3C(=O)C(c4ccccc4)=CC(=O)[C@@]23c2ccccc2)c1O. The molecular weight excluding hydrogens is 682 g/mol. The number of nitrogens with zero attached hydrogens (tertiary/aromatic N) is 1. The highest BCUT2D eigenvalue weighted by Gasteiger charge is 2.66. The summed E-state index contributed by atoms with van der Waals surface area (Å²) in [5.41, 5.74) is 1.88. The van der Waals surface area contributed by atoms with Crippen LogP contribution >= 0.6 is 15.9 Å². The van der Waals surface area contributed by atoms with Gasteiger partial charge in [-0.15, -0.1) is 0 Å². The second-order valence-electron chi connectivity index (χ2n) is 13.2. The maximum atomic E-state index is 15.1. The summed E-state index contributed by atoms with van der Waals surface area (Å²) >= 11 is 3.43. The lowest BCUT2D eigenvalue weighted by Gasteiger charge is -2.55. The topological polar surface area (TPSA) is 101 Å². The molecule has 4 aromatic carbocycles. The van der Waals surface area contributed by atoms with Gasteiger partial charge in [0.05, 0.1) is 30.0 Å². The number of hydrogen-bond acceptors (Lipinski definition) is 6. The van der Waals surface area contributed by atoms with Crippen molar-refractivity contribution in [2.45, 2.75) is 24.2 Å². The summed E-state index contributed by atoms with van der Waals surface area (Å²) in [7, 11) is 1.46. The number of Topliss-reactive ketones (excluding diaryl/α,β-unsaturated/α-hetero) is 1. The summed E-state index contributed by atoms with van der Waals surface area (Å²) in [6, 6.07) is 30.7. The number of fused-ring (bicyclic) bond motifs is 4. The van der Waals surface area contributed by atoms with Gasteiger partial charge in [0.25, 0.3) is 0 Å². The molecule has 244 valence electrons. The number of methoxy groups -OCH3 is 1. The zero-order valence-corrected chi connectivity index (χ0v) is 28.2. The number of imide groups is 1. The van der Waals surface area contributed by atoms with E-state index in [-0.39, 0.29) is 47.7 Å². The van der Waals surface area contributed by atoms with E-state index in [0.717, 1.165) is 10.0 Å². The molecule has 3 aliphatic carbocycles. The van der Waals surface area contributed by atoms with Crippen LogP contribution in [0.2, 0.25) is 0 Å². The Kier molecular flexibility index (Phi) is 7.52. The van der Waals surface area contributed by atoms with Crippen LogP contribution in [0.5, 0.6) is 11.5 Å². The highest BCUT2D eigenvalue weighted by Crippen LogP contribution is 2.65. The molecule has 0 radical (unpaired) electrons. The van der Waals surface area contributed by atoms with Crippen molar-refractivity contribution < 1.29 is 29.0 Å². The van der Waals surface area contributed by atoms with Gasteiger partial charge in [-0.3, -0.25) is 24.1 Å². The minimum absolute atomic E-state index is 0.129. The number of anilines is 1. The number of aromatic hydroxyl groups is 1. The average Bonchev–Trinajstić information content (AvgIpc) is 3.39. The number of carbonyl (C=O) groups is 4. The van der Waals surface area contributed by atoms with Gasteiger partial charge in [-0.2, -0.15) is 0 Å². The van der Waals surface area contributed by atoms with Gasteiger partial charge in [-0.1, -0.05) is 100 Å². The molecule has 6 atom stereocenters. The molecule has 0 unspecified atom stereocenters. The molecule has 49 heavy (non-hydrogen) atoms. The van der Waals surface area contributed by atoms with Crippen LogP contribution in [0, 0.1) is 23.7 Å². The highest BCUT2D eigenvalue weighted by atomic mass is 79.9. The van der Waals surface area contributed by atoms with E-state index in [2.05, 4.69) is 15.9 Å². The third-order valence-corrected chi connectivity index (χ3v) is 11.5. The monoisotopic (exact) mass is 713 g/mol. The van der Waals surface area contributed by atoms with Crippen molar-refractivity contribution in [3.05, 3.63) is 142 Å². The first-order valence-electron chi connectivity index (χ1n) is 16.4. The molecule has 2 amide bonds. The quantitative estimate of drug-likeness (QED) is 0.174. The first-order valence-corrected chi connectivity index (χ1v) is 17.2. The van der Waals surface area contributed by atoms with Crippen molar-refractivity contribution in [3.8, 4) is 11.5 Å². The van der Waals surface area contributed by atoms with Crippen LogP contribution in [0.4, 0.5) is 5.69 Å². The Bertz CT molecular complexity index is 2090. The van der Waals surface area contributed by atoms with Crippen molar-refractivity contribution >= 4 is 50.6 Å². The summed E-state index contributed by atoms with van der Waals surface area (Å²) in [6.07, 6.45) is 3.93. The molecule has 0 spiro atoms. The molecule has 1 saturated heterocycles. The van der Waals surface area contributed by atoms with Crippen LogP contribution in [0.15, 0.2) is 125 Å². The van der Waals surface area contributed by atoms with Gasteiger partial charge >= 0.3 is 0 Å². The largest absolute Gasteiger partial charge is 0.504 e. The minimum atomic E-state index is -1.44. The van der Waals surface area contributed by atoms with Gasteiger partial charge in [0.15, 0.2) is 23.1 Å². The van der Waals surface area contributed by atoms with Crippen molar-refractivity contribution in [1.82, 2.24) is 0 Å². The summed E-state index contributed by atoms with van der Waals surface area (Å²) in [4.78, 5) is 59.9. The normalized spacial score (nSPS) is 27.6. The first-order chi connectivity index (χ1) is 23.8. The highest BCUT2D eigenvalue weighted by molar-refractivity contribution is 9.10. The second-order valence-corrected chi connectivity index (χ2v) is 14.1. The number of ether oxygens (including phenoxy) is 1. The molecular formula is C41H32BrNO6. The number of amides is 2. The van der Waals surface area contributed by atoms with Crippen LogP contribution < -0.4 is 9.64 Å². The van der Waals surface area contributed by atoms with Crippen molar-refractivity contribution in [2.24, 2.45) is 23.7 Å². The molecule has 4 aromatic rings. The molecule has 1 saturated carbocycles. The predicted octanol–water partition coefficient (Wildman–Crippen LogP) is 7.19. The zero-order chi connectivity index (χ0) is 34.0. The summed E-state index contributed by atoms with van der Waals surface area (Å²) in [5.74, 6) is -4.57. The number of carbonyl (C=O) groups excluding carboxylic acids is 4. The molecule has 1 aliphatic heterocycles. The van der Waals surface area contributed by atoms with Crippen LogP contribution in [0.1, 0.15) is 35.4 Å². The van der Waals surface area contributed by atoms with Gasteiger partial charge in [0.2, 0.25) is 11.8 Å². The minimum Gasteiger partial charge on any atom is -0.504 e. The number of allylic oxidation sites excluding steroid dienone is 4. The Balaban J connectivity index is 1.37. The number of rotatable bonds is 5. The fraction of sp³-hybridized carbons (Fsp3) is 0.220. The molecule has 0 bridgehead atoms. The maximum Gasteiger partial charge on any atom is 0.238 e.